The van der Waals surface area contributed by atoms with Crippen LogP contribution in [0.25, 0.3) is 0 Å². The summed E-state index contributed by atoms with van der Waals surface area (Å²) < 4.78 is 0. The molecule has 186 valence electrons. The third kappa shape index (κ3) is 4.15. The number of hydrogen-bond acceptors (Lipinski definition) is 4. The Kier molecular flexibility index (Phi) is 6.33. The van der Waals surface area contributed by atoms with E-state index >= 15 is 0 Å². The maximum Gasteiger partial charge on any atom is 0.139 e. The number of Topliss-reactive ketones (excluding diaryl/α,β-unsaturated/α-hetero) is 1. The van der Waals surface area contributed by atoms with E-state index < -0.39 is 5.60 Å². The fraction of sp³-hybridized carbons (Fsp3) is 0.893. The van der Waals surface area contributed by atoms with Gasteiger partial charge in [0.1, 0.15) is 11.4 Å². The molecule has 1 N–H and O–H groups in total. The molecule has 0 bridgehead atoms. The largest absolute Gasteiger partial charge is 0.385 e. The van der Waals surface area contributed by atoms with E-state index in [1.54, 1.807) is 5.57 Å². The molecule has 4 fully saturated rings. The minimum Gasteiger partial charge on any atom is -0.385 e. The van der Waals surface area contributed by atoms with E-state index in [4.69, 9.17) is 21.4 Å². The molecule has 1 heterocycles. The molecule has 2 unspecified atom stereocenters. The number of fused-ring (bicyclic) bond motifs is 4. The number of unbranched alkanes of at least 4 members (excludes halogenated alkanes) is 2. The van der Waals surface area contributed by atoms with Crippen molar-refractivity contribution in [2.75, 3.05) is 12.5 Å². The third-order valence-corrected chi connectivity index (χ3v) is 10.3. The zero-order valence-corrected chi connectivity index (χ0v) is 21.6. The summed E-state index contributed by atoms with van der Waals surface area (Å²) in [6, 6.07) is 0. The van der Waals surface area contributed by atoms with Crippen LogP contribution in [0, 0.1) is 28.6 Å². The van der Waals surface area contributed by atoms with Crippen LogP contribution in [0.2, 0.25) is 0 Å². The van der Waals surface area contributed by atoms with Gasteiger partial charge in [-0.1, -0.05) is 39.2 Å². The van der Waals surface area contributed by atoms with Crippen LogP contribution < -0.4 is 0 Å². The molecule has 0 aromatic carbocycles. The zero-order valence-electron chi connectivity index (χ0n) is 20.9. The fourth-order valence-corrected chi connectivity index (χ4v) is 8.93. The summed E-state index contributed by atoms with van der Waals surface area (Å²) in [6.07, 6.45) is 12.4. The van der Waals surface area contributed by atoms with Crippen molar-refractivity contribution in [2.24, 2.45) is 28.6 Å². The second-order valence-electron chi connectivity index (χ2n) is 13.1. The van der Waals surface area contributed by atoms with Crippen LogP contribution in [-0.2, 0) is 14.6 Å². The average Bonchev–Trinajstić information content (AvgIpc) is 3.03. The number of aliphatic hydroxyl groups is 1. The molecular weight excluding hydrogens is 436 g/mol. The highest BCUT2D eigenvalue weighted by molar-refractivity contribution is 6.17. The molecule has 5 rings (SSSR count). The van der Waals surface area contributed by atoms with Crippen molar-refractivity contribution in [3.8, 4) is 0 Å². The van der Waals surface area contributed by atoms with Crippen LogP contribution in [0.3, 0.4) is 0 Å². The van der Waals surface area contributed by atoms with Crippen molar-refractivity contribution in [3.63, 3.8) is 0 Å². The van der Waals surface area contributed by atoms with Gasteiger partial charge in [-0.3, -0.25) is 4.79 Å². The van der Waals surface area contributed by atoms with Crippen LogP contribution >= 0.6 is 11.6 Å². The number of carbonyl (C=O) groups excluding carboxylic acids is 1. The number of allylic oxidation sites excluding steroid dienone is 1. The summed E-state index contributed by atoms with van der Waals surface area (Å²) in [7, 11) is 0. The molecule has 1 saturated heterocycles. The Bertz CT molecular complexity index is 821. The molecule has 0 radical (unpaired) electrons. The van der Waals surface area contributed by atoms with Gasteiger partial charge in [-0.25, -0.2) is 9.78 Å². The number of alkyl halides is 1. The Hall–Kier alpha value is -0.420. The monoisotopic (exact) mass is 478 g/mol. The van der Waals surface area contributed by atoms with Gasteiger partial charge in [-0.05, 0) is 86.5 Å². The van der Waals surface area contributed by atoms with Gasteiger partial charge >= 0.3 is 0 Å². The molecule has 4 aliphatic carbocycles. The lowest BCUT2D eigenvalue weighted by atomic mass is 9.51. The van der Waals surface area contributed by atoms with Crippen LogP contribution in [0.5, 0.6) is 0 Å². The number of hydrogen-bond donors (Lipinski definition) is 1. The Morgan fingerprint density at radius 2 is 1.88 bits per heavy atom. The van der Waals surface area contributed by atoms with Crippen LogP contribution in [0.15, 0.2) is 11.1 Å². The van der Waals surface area contributed by atoms with Gasteiger partial charge in [0.25, 0.3) is 0 Å². The quantitative estimate of drug-likeness (QED) is 0.211. The van der Waals surface area contributed by atoms with Gasteiger partial charge in [0, 0.05) is 24.1 Å². The highest BCUT2D eigenvalue weighted by Gasteiger charge is 2.60. The maximum atomic E-state index is 13.0. The van der Waals surface area contributed by atoms with Gasteiger partial charge in [0.2, 0.25) is 0 Å². The first kappa shape index (κ1) is 24.3. The summed E-state index contributed by atoms with van der Waals surface area (Å²) >= 11 is 5.94. The van der Waals surface area contributed by atoms with Gasteiger partial charge < -0.3 is 5.11 Å². The molecular formula is C28H43ClO4. The third-order valence-electron chi connectivity index (χ3n) is 10.0. The molecule has 33 heavy (non-hydrogen) atoms. The van der Waals surface area contributed by atoms with E-state index in [2.05, 4.69) is 20.8 Å². The van der Waals surface area contributed by atoms with Crippen molar-refractivity contribution in [1.29, 1.82) is 0 Å². The van der Waals surface area contributed by atoms with Gasteiger partial charge in [-0.15, -0.1) is 11.6 Å². The Labute approximate surface area is 204 Å². The second-order valence-corrected chi connectivity index (χ2v) is 13.5. The van der Waals surface area contributed by atoms with E-state index in [0.29, 0.717) is 36.6 Å². The standard InChI is InChI=1S/C28H43ClO4/c1-25(2)16-27(33-32-18-25)12-11-22-24-19(7-5-4-6-14-29)15-26(3)21(8-9-23(26)30)20(24)10-13-28(22,31)17-27/h19-21,31H,4-18H2,1-3H3/t19?,20-,21-,26-,27?,28+/m0/s1. The van der Waals surface area contributed by atoms with Crippen molar-refractivity contribution in [1.82, 2.24) is 0 Å². The summed E-state index contributed by atoms with van der Waals surface area (Å²) in [6.45, 7) is 7.35. The first-order chi connectivity index (χ1) is 15.6. The van der Waals surface area contributed by atoms with Crippen molar-refractivity contribution < 1.29 is 19.7 Å². The average molecular weight is 479 g/mol. The molecule has 1 spiro atoms. The van der Waals surface area contributed by atoms with Crippen molar-refractivity contribution >= 4 is 17.4 Å². The minimum atomic E-state index is -0.786. The molecule has 0 aromatic rings. The smallest absolute Gasteiger partial charge is 0.139 e. The SMILES string of the molecule is CC1(C)COOC2(CCC3=C4C(CCCCCCl)C[C@]5(C)C(=O)CC[C@H]5[C@@H]4CC[C@@]3(O)C2)C1. The lowest BCUT2D eigenvalue weighted by molar-refractivity contribution is -0.414. The number of ketones is 1. The van der Waals surface area contributed by atoms with Crippen molar-refractivity contribution in [3.05, 3.63) is 11.1 Å². The molecule has 3 saturated carbocycles. The predicted molar refractivity (Wildman–Crippen MR) is 130 cm³/mol. The molecule has 6 atom stereocenters. The Balaban J connectivity index is 1.47. The van der Waals surface area contributed by atoms with E-state index in [1.165, 1.54) is 5.57 Å². The molecule has 5 aliphatic rings. The fourth-order valence-electron chi connectivity index (χ4n) is 8.74. The number of carbonyl (C=O) groups is 1. The zero-order chi connectivity index (χ0) is 23.5. The molecule has 4 nitrogen and oxygen atoms in total. The Morgan fingerprint density at radius 1 is 1.06 bits per heavy atom. The van der Waals surface area contributed by atoms with Gasteiger partial charge in [0.15, 0.2) is 0 Å². The number of rotatable bonds is 5. The van der Waals surface area contributed by atoms with Crippen LogP contribution in [-0.4, -0.2) is 34.6 Å². The van der Waals surface area contributed by atoms with E-state index in [0.717, 1.165) is 82.9 Å². The molecule has 5 heteroatoms. The first-order valence-electron chi connectivity index (χ1n) is 13.5. The predicted octanol–water partition coefficient (Wildman–Crippen LogP) is 6.53. The van der Waals surface area contributed by atoms with E-state index in [9.17, 15) is 9.90 Å². The van der Waals surface area contributed by atoms with E-state index in [1.807, 2.05) is 0 Å². The summed E-state index contributed by atoms with van der Waals surface area (Å²) in [5.74, 6) is 2.56. The first-order valence-corrected chi connectivity index (χ1v) is 14.0. The van der Waals surface area contributed by atoms with Gasteiger partial charge in [-0.2, -0.15) is 0 Å². The highest BCUT2D eigenvalue weighted by Crippen LogP contribution is 2.63. The second kappa shape index (κ2) is 8.61. The Morgan fingerprint density at radius 3 is 2.64 bits per heavy atom. The minimum absolute atomic E-state index is 0.0677. The highest BCUT2D eigenvalue weighted by atomic mass is 35.5. The van der Waals surface area contributed by atoms with Crippen molar-refractivity contribution in [2.45, 2.75) is 115 Å². The van der Waals surface area contributed by atoms with E-state index in [-0.39, 0.29) is 16.4 Å². The molecule has 0 amide bonds. The molecule has 0 aromatic heterocycles. The van der Waals surface area contributed by atoms with Crippen LogP contribution in [0.1, 0.15) is 104 Å². The topological polar surface area (TPSA) is 55.8 Å². The normalized spacial score (nSPS) is 44.5. The summed E-state index contributed by atoms with van der Waals surface area (Å²) in [5, 5.41) is 12.1. The summed E-state index contributed by atoms with van der Waals surface area (Å²) in [4.78, 5) is 24.6. The number of halogens is 1. The van der Waals surface area contributed by atoms with Gasteiger partial charge in [0.05, 0.1) is 12.2 Å². The van der Waals surface area contributed by atoms with Crippen LogP contribution in [0.4, 0.5) is 0 Å². The summed E-state index contributed by atoms with van der Waals surface area (Å²) in [5.41, 5.74) is 1.61. The lowest BCUT2D eigenvalue weighted by Gasteiger charge is -2.57. The lowest BCUT2D eigenvalue weighted by Crippen LogP contribution is -2.56. The maximum absolute atomic E-state index is 13.0. The molecule has 1 aliphatic heterocycles.